The minimum atomic E-state index is -1.05. The van der Waals surface area contributed by atoms with Crippen molar-refractivity contribution < 1.29 is 9.53 Å². The highest BCUT2D eigenvalue weighted by Gasteiger charge is 2.71. The molecule has 3 aliphatic heterocycles. The molecule has 5 aromatic carbocycles. The van der Waals surface area contributed by atoms with Crippen molar-refractivity contribution in [2.75, 3.05) is 13.7 Å². The lowest BCUT2D eigenvalue weighted by molar-refractivity contribution is -0.165. The first-order valence-electron chi connectivity index (χ1n) is 16.2. The molecule has 228 valence electrons. The molecule has 0 amide bonds. The van der Waals surface area contributed by atoms with Crippen molar-refractivity contribution in [3.05, 3.63) is 173 Å². The molecule has 4 nitrogen and oxygen atoms in total. The number of hydrogen-bond donors (Lipinski definition) is 0. The summed E-state index contributed by atoms with van der Waals surface area (Å²) >= 11 is 0. The number of nitrogens with zero attached hydrogens (tertiary/aromatic N) is 2. The van der Waals surface area contributed by atoms with Gasteiger partial charge in [-0.2, -0.15) is 0 Å². The Morgan fingerprint density at radius 1 is 0.652 bits per heavy atom. The summed E-state index contributed by atoms with van der Waals surface area (Å²) in [7, 11) is 1.69. The Balaban J connectivity index is 1.51. The molecule has 3 heterocycles. The number of methoxy groups -OCH3 is 1. The lowest BCUT2D eigenvalue weighted by atomic mass is 9.66. The third-order valence-electron chi connectivity index (χ3n) is 10.3. The Morgan fingerprint density at radius 2 is 1.20 bits per heavy atom. The van der Waals surface area contributed by atoms with Crippen LogP contribution in [-0.4, -0.2) is 35.5 Å². The van der Waals surface area contributed by atoms with Gasteiger partial charge in [0.1, 0.15) is 11.3 Å². The lowest BCUT2D eigenvalue weighted by Gasteiger charge is -2.54. The Morgan fingerprint density at radius 3 is 1.78 bits per heavy atom. The fraction of sp³-hybridized carbons (Fsp3) is 0.214. The van der Waals surface area contributed by atoms with Crippen molar-refractivity contribution in [2.24, 2.45) is 5.41 Å². The molecule has 4 heteroatoms. The first-order valence-corrected chi connectivity index (χ1v) is 16.2. The van der Waals surface area contributed by atoms with E-state index in [9.17, 15) is 0 Å². The van der Waals surface area contributed by atoms with E-state index in [-0.39, 0.29) is 23.3 Å². The second-order valence-corrected chi connectivity index (χ2v) is 13.4. The topological polar surface area (TPSA) is 32.8 Å². The van der Waals surface area contributed by atoms with E-state index in [1.807, 2.05) is 24.3 Å². The van der Waals surface area contributed by atoms with Gasteiger partial charge in [0.25, 0.3) is 0 Å². The summed E-state index contributed by atoms with van der Waals surface area (Å²) in [5.74, 6) is 0.588. The van der Waals surface area contributed by atoms with Gasteiger partial charge >= 0.3 is 0 Å². The van der Waals surface area contributed by atoms with Crippen LogP contribution >= 0.6 is 0 Å². The first-order chi connectivity index (χ1) is 22.5. The van der Waals surface area contributed by atoms with Gasteiger partial charge in [0.15, 0.2) is 5.78 Å². The summed E-state index contributed by atoms with van der Waals surface area (Å²) in [6, 6.07) is 50.4. The zero-order valence-electron chi connectivity index (χ0n) is 26.5. The SMILES string of the molecule is COc1ccc([C@H]2[C@H](c3ccccc3)C(=O)[C@]3(c4ccccc4)C(c4ccccc4)=C(c4ccccc4)[C@H]4N3N2CC4(C)C)cc1. The molecule has 0 aromatic heterocycles. The van der Waals surface area contributed by atoms with Crippen molar-refractivity contribution in [1.29, 1.82) is 0 Å². The highest BCUT2D eigenvalue weighted by Crippen LogP contribution is 2.67. The van der Waals surface area contributed by atoms with Crippen LogP contribution < -0.4 is 4.74 Å². The standard InChI is InChI=1S/C42H38N2O2/c1-41(2)28-43-38(32-24-26-34(46-3)27-25-32)36(30-18-10-5-11-19-30)40(45)42(33-22-14-7-15-23-33)37(31-20-12-6-13-21-31)35(39(41)44(42)43)29-16-8-4-9-17-29/h4-27,36,38-39H,28H2,1-3H3/t36-,38-,39+,42-/m0/s1. The molecule has 2 fully saturated rings. The molecule has 2 saturated heterocycles. The number of ether oxygens (including phenoxy) is 1. The van der Waals surface area contributed by atoms with E-state index in [1.54, 1.807) is 7.11 Å². The number of carbonyl (C=O) groups is 1. The van der Waals surface area contributed by atoms with Gasteiger partial charge in [-0.3, -0.25) is 4.79 Å². The number of hydrogen-bond acceptors (Lipinski definition) is 4. The normalized spacial score (nSPS) is 25.5. The maximum Gasteiger partial charge on any atom is 0.172 e. The van der Waals surface area contributed by atoms with Crippen LogP contribution in [0.15, 0.2) is 146 Å². The van der Waals surface area contributed by atoms with Crippen LogP contribution in [0, 0.1) is 5.41 Å². The molecule has 3 aliphatic rings. The van der Waals surface area contributed by atoms with Gasteiger partial charge in [-0.1, -0.05) is 147 Å². The third-order valence-corrected chi connectivity index (χ3v) is 10.3. The summed E-state index contributed by atoms with van der Waals surface area (Å²) in [5.41, 5.74) is 6.49. The summed E-state index contributed by atoms with van der Waals surface area (Å²) in [6.07, 6.45) is 0. The fourth-order valence-corrected chi connectivity index (χ4v) is 8.56. The van der Waals surface area contributed by atoms with Crippen molar-refractivity contribution in [2.45, 2.75) is 37.4 Å². The minimum absolute atomic E-state index is 0.0354. The number of benzene rings is 5. The van der Waals surface area contributed by atoms with Crippen molar-refractivity contribution in [1.82, 2.24) is 10.0 Å². The monoisotopic (exact) mass is 602 g/mol. The third kappa shape index (κ3) is 4.10. The average Bonchev–Trinajstić information content (AvgIpc) is 3.59. The molecule has 0 spiro atoms. The molecule has 0 radical (unpaired) electrons. The summed E-state index contributed by atoms with van der Waals surface area (Å²) < 4.78 is 5.56. The maximum absolute atomic E-state index is 16.2. The Hall–Kier alpha value is -4.77. The van der Waals surface area contributed by atoms with Gasteiger partial charge in [-0.15, -0.1) is 0 Å². The van der Waals surface area contributed by atoms with Gasteiger partial charge in [-0.25, -0.2) is 10.0 Å². The van der Waals surface area contributed by atoms with Gasteiger partial charge < -0.3 is 4.74 Å². The van der Waals surface area contributed by atoms with Gasteiger partial charge in [0.05, 0.1) is 25.1 Å². The van der Waals surface area contributed by atoms with Gasteiger partial charge in [0, 0.05) is 12.0 Å². The van der Waals surface area contributed by atoms with Gasteiger partial charge in [-0.05, 0) is 51.1 Å². The lowest BCUT2D eigenvalue weighted by Crippen LogP contribution is -2.64. The van der Waals surface area contributed by atoms with Gasteiger partial charge in [0.2, 0.25) is 0 Å². The molecule has 0 N–H and O–H groups in total. The van der Waals surface area contributed by atoms with Crippen molar-refractivity contribution >= 4 is 16.9 Å². The van der Waals surface area contributed by atoms with Crippen LogP contribution in [-0.2, 0) is 10.3 Å². The van der Waals surface area contributed by atoms with E-state index in [0.717, 1.165) is 45.7 Å². The number of ketones is 1. The maximum atomic E-state index is 16.2. The molecule has 0 saturated carbocycles. The zero-order valence-corrected chi connectivity index (χ0v) is 26.5. The molecule has 5 aromatic rings. The molecule has 46 heavy (non-hydrogen) atoms. The van der Waals surface area contributed by atoms with Crippen LogP contribution in [0.2, 0.25) is 0 Å². The van der Waals surface area contributed by atoms with E-state index < -0.39 is 11.5 Å². The smallest absolute Gasteiger partial charge is 0.172 e. The number of Topliss-reactive ketones (excluding diaryl/α,β-unsaturated/α-hetero) is 1. The summed E-state index contributed by atoms with van der Waals surface area (Å²) in [6.45, 7) is 5.54. The van der Waals surface area contributed by atoms with E-state index in [2.05, 4.69) is 145 Å². The first kappa shape index (κ1) is 28.7. The molecule has 0 unspecified atom stereocenters. The Bertz CT molecular complexity index is 1900. The molecule has 0 bridgehead atoms. The van der Waals surface area contributed by atoms with Crippen LogP contribution in [0.25, 0.3) is 11.1 Å². The van der Waals surface area contributed by atoms with Crippen LogP contribution in [0.3, 0.4) is 0 Å². The van der Waals surface area contributed by atoms with E-state index in [4.69, 9.17) is 4.74 Å². The predicted octanol–water partition coefficient (Wildman–Crippen LogP) is 8.55. The number of rotatable bonds is 6. The summed E-state index contributed by atoms with van der Waals surface area (Å²) in [5, 5.41) is 5.06. The minimum Gasteiger partial charge on any atom is -0.497 e. The highest BCUT2D eigenvalue weighted by molar-refractivity contribution is 6.15. The summed E-state index contributed by atoms with van der Waals surface area (Å²) in [4.78, 5) is 16.2. The average molecular weight is 603 g/mol. The number of carbonyl (C=O) groups excluding carboxylic acids is 1. The van der Waals surface area contributed by atoms with Crippen molar-refractivity contribution in [3.63, 3.8) is 0 Å². The van der Waals surface area contributed by atoms with E-state index >= 15 is 4.79 Å². The zero-order chi connectivity index (χ0) is 31.5. The Labute approximate surface area is 271 Å². The fourth-order valence-electron chi connectivity index (χ4n) is 8.56. The van der Waals surface area contributed by atoms with Crippen LogP contribution in [0.4, 0.5) is 0 Å². The predicted molar refractivity (Wildman–Crippen MR) is 184 cm³/mol. The molecule has 4 atom stereocenters. The molecular weight excluding hydrogens is 564 g/mol. The Kier molecular flexibility index (Phi) is 6.82. The molecule has 0 aliphatic carbocycles. The second-order valence-electron chi connectivity index (χ2n) is 13.4. The molecule has 8 rings (SSSR count). The van der Waals surface area contributed by atoms with E-state index in [0.29, 0.717) is 0 Å². The quantitative estimate of drug-likeness (QED) is 0.195. The number of hydrazine groups is 1. The van der Waals surface area contributed by atoms with Crippen LogP contribution in [0.1, 0.15) is 53.6 Å². The molecular formula is C42H38N2O2. The van der Waals surface area contributed by atoms with E-state index in [1.165, 1.54) is 5.57 Å². The second kappa shape index (κ2) is 10.9. The van der Waals surface area contributed by atoms with Crippen molar-refractivity contribution in [3.8, 4) is 5.75 Å². The van der Waals surface area contributed by atoms with Crippen LogP contribution in [0.5, 0.6) is 5.75 Å². The largest absolute Gasteiger partial charge is 0.497 e. The highest BCUT2D eigenvalue weighted by atomic mass is 16.5.